The normalized spacial score (nSPS) is 19.1. The standard InChI is InChI=1S/C59H71BN2S/c1-35(2)36-29-48-51-49(30-36)62(40-22-23-42-43(32-40)57(11,12)26-25-56(42,9)10)52-41-33-44-45(59(15,16)28-27-58(44,13)14)34-50(41)63-53(52)60(51)46-31-38(55(6,7)8)19-24-47(46)61(48)39-20-17-37(18-21-39)54(3,4)5/h17-24,29-35H,25-28H2,1-16H3. The molecule has 0 fully saturated rings. The lowest BCUT2D eigenvalue weighted by Gasteiger charge is -2.45. The van der Waals surface area contributed by atoms with Crippen LogP contribution in [0, 0.1) is 0 Å². The quantitative estimate of drug-likeness (QED) is 0.163. The minimum atomic E-state index is 0.00243. The highest BCUT2D eigenvalue weighted by molar-refractivity contribution is 7.33. The molecule has 0 amide bonds. The molecule has 2 aliphatic carbocycles. The Balaban J connectivity index is 1.35. The molecule has 2 nitrogen and oxygen atoms in total. The van der Waals surface area contributed by atoms with E-state index in [0.717, 1.165) is 0 Å². The maximum atomic E-state index is 2.75. The molecule has 0 spiro atoms. The Bertz CT molecular complexity index is 2850. The Morgan fingerprint density at radius 2 is 1.03 bits per heavy atom. The van der Waals surface area contributed by atoms with Crippen LogP contribution in [0.2, 0.25) is 0 Å². The molecule has 0 radical (unpaired) electrons. The second-order valence-electron chi connectivity index (χ2n) is 25.0. The Labute approximate surface area is 384 Å². The molecule has 6 aromatic rings. The number of benzene rings is 5. The topological polar surface area (TPSA) is 6.48 Å². The van der Waals surface area contributed by atoms with Gasteiger partial charge in [-0.2, -0.15) is 0 Å². The molecule has 0 unspecified atom stereocenters. The van der Waals surface area contributed by atoms with Gasteiger partial charge in [0.1, 0.15) is 0 Å². The Morgan fingerprint density at radius 1 is 0.524 bits per heavy atom. The van der Waals surface area contributed by atoms with E-state index in [1.807, 2.05) is 0 Å². The molecule has 63 heavy (non-hydrogen) atoms. The molecule has 2 aliphatic heterocycles. The molecule has 0 bridgehead atoms. The summed E-state index contributed by atoms with van der Waals surface area (Å²) in [6.07, 6.45) is 4.81. The van der Waals surface area contributed by atoms with Gasteiger partial charge >= 0.3 is 0 Å². The molecule has 326 valence electrons. The zero-order valence-electron chi connectivity index (χ0n) is 41.4. The summed E-state index contributed by atoms with van der Waals surface area (Å²) in [4.78, 5) is 5.37. The third-order valence-corrected chi connectivity index (χ3v) is 17.5. The fraction of sp³-hybridized carbons (Fsp3) is 0.458. The molecular formula is C59H71BN2S. The maximum absolute atomic E-state index is 2.75. The van der Waals surface area contributed by atoms with Gasteiger partial charge in [-0.15, -0.1) is 11.3 Å². The summed E-state index contributed by atoms with van der Waals surface area (Å²) in [5, 5.41) is 1.41. The smallest absolute Gasteiger partial charge is 0.264 e. The molecule has 0 saturated carbocycles. The number of hydrogen-bond donors (Lipinski definition) is 0. The van der Waals surface area contributed by atoms with Crippen molar-refractivity contribution in [3.05, 3.63) is 124 Å². The number of thiophene rings is 1. The van der Waals surface area contributed by atoms with E-state index in [1.165, 1.54) is 119 Å². The second-order valence-corrected chi connectivity index (χ2v) is 26.1. The van der Waals surface area contributed by atoms with Crippen LogP contribution in [0.25, 0.3) is 10.1 Å². The van der Waals surface area contributed by atoms with Crippen LogP contribution in [0.15, 0.2) is 84.9 Å². The van der Waals surface area contributed by atoms with E-state index in [4.69, 9.17) is 0 Å². The van der Waals surface area contributed by atoms with Crippen molar-refractivity contribution in [3.63, 3.8) is 0 Å². The monoisotopic (exact) mass is 851 g/mol. The van der Waals surface area contributed by atoms with Crippen molar-refractivity contribution in [1.29, 1.82) is 0 Å². The molecule has 0 atom stereocenters. The van der Waals surface area contributed by atoms with E-state index in [-0.39, 0.29) is 39.2 Å². The summed E-state index contributed by atoms with van der Waals surface area (Å²) in [5.74, 6) is 0.348. The summed E-state index contributed by atoms with van der Waals surface area (Å²) in [6, 6.07) is 35.0. The minimum absolute atomic E-state index is 0.00243. The third kappa shape index (κ3) is 6.53. The molecule has 3 heterocycles. The van der Waals surface area contributed by atoms with Gasteiger partial charge in [-0.05, 0) is 169 Å². The Morgan fingerprint density at radius 3 is 1.60 bits per heavy atom. The third-order valence-electron chi connectivity index (χ3n) is 16.3. The molecule has 10 rings (SSSR count). The van der Waals surface area contributed by atoms with Crippen molar-refractivity contribution >= 4 is 78.0 Å². The van der Waals surface area contributed by atoms with Gasteiger partial charge in [-0.1, -0.05) is 141 Å². The van der Waals surface area contributed by atoms with Crippen molar-refractivity contribution < 1.29 is 0 Å². The zero-order valence-corrected chi connectivity index (χ0v) is 42.2. The summed E-state index contributed by atoms with van der Waals surface area (Å²) < 4.78 is 2.89. The van der Waals surface area contributed by atoms with Crippen molar-refractivity contribution in [1.82, 2.24) is 0 Å². The lowest BCUT2D eigenvalue weighted by atomic mass is 9.36. The number of hydrogen-bond acceptors (Lipinski definition) is 3. The fourth-order valence-electron chi connectivity index (χ4n) is 11.7. The molecule has 0 N–H and O–H groups in total. The largest absolute Gasteiger partial charge is 0.311 e. The molecule has 4 aliphatic rings. The average Bonchev–Trinajstić information content (AvgIpc) is 3.58. The van der Waals surface area contributed by atoms with Gasteiger partial charge in [0, 0.05) is 43.3 Å². The van der Waals surface area contributed by atoms with Gasteiger partial charge < -0.3 is 9.80 Å². The van der Waals surface area contributed by atoms with Gasteiger partial charge in [-0.25, -0.2) is 0 Å². The molecule has 1 aromatic heterocycles. The van der Waals surface area contributed by atoms with Crippen LogP contribution in [-0.2, 0) is 32.5 Å². The van der Waals surface area contributed by atoms with Gasteiger partial charge in [-0.3, -0.25) is 0 Å². The molecule has 4 heteroatoms. The first-order valence-electron chi connectivity index (χ1n) is 24.1. The highest BCUT2D eigenvalue weighted by atomic mass is 32.1. The van der Waals surface area contributed by atoms with Gasteiger partial charge in [0.25, 0.3) is 6.71 Å². The number of anilines is 6. The van der Waals surface area contributed by atoms with E-state index < -0.39 is 0 Å². The number of nitrogens with zero attached hydrogens (tertiary/aromatic N) is 2. The van der Waals surface area contributed by atoms with Gasteiger partial charge in [0.05, 0.1) is 5.69 Å². The molecule has 5 aromatic carbocycles. The predicted octanol–water partition coefficient (Wildman–Crippen LogP) is 15.4. The van der Waals surface area contributed by atoms with E-state index in [9.17, 15) is 0 Å². The number of rotatable bonds is 3. The van der Waals surface area contributed by atoms with E-state index in [2.05, 4.69) is 217 Å². The van der Waals surface area contributed by atoms with E-state index in [0.29, 0.717) is 5.92 Å². The van der Waals surface area contributed by atoms with Crippen LogP contribution in [0.3, 0.4) is 0 Å². The highest BCUT2D eigenvalue weighted by Crippen LogP contribution is 2.54. The maximum Gasteiger partial charge on any atom is 0.264 e. The highest BCUT2D eigenvalue weighted by Gasteiger charge is 2.48. The minimum Gasteiger partial charge on any atom is -0.311 e. The number of fused-ring (bicyclic) bond motifs is 8. The van der Waals surface area contributed by atoms with Crippen LogP contribution >= 0.6 is 11.3 Å². The van der Waals surface area contributed by atoms with Crippen molar-refractivity contribution in [2.75, 3.05) is 9.80 Å². The summed E-state index contributed by atoms with van der Waals surface area (Å²) in [6.45, 7) is 38.7. The zero-order chi connectivity index (χ0) is 45.1. The van der Waals surface area contributed by atoms with E-state index in [1.54, 1.807) is 5.56 Å². The summed E-state index contributed by atoms with van der Waals surface area (Å²) >= 11 is 2.07. The Kier molecular flexibility index (Phi) is 9.23. The molecule has 0 saturated heterocycles. The first-order chi connectivity index (χ1) is 29.3. The lowest BCUT2D eigenvalue weighted by Crippen LogP contribution is -2.60. The van der Waals surface area contributed by atoms with Crippen LogP contribution in [0.1, 0.15) is 181 Å². The van der Waals surface area contributed by atoms with Gasteiger partial charge in [0.2, 0.25) is 0 Å². The van der Waals surface area contributed by atoms with Gasteiger partial charge in [0.15, 0.2) is 0 Å². The first-order valence-corrected chi connectivity index (χ1v) is 24.9. The summed E-state index contributed by atoms with van der Waals surface area (Å²) in [5.41, 5.74) is 21.4. The van der Waals surface area contributed by atoms with Crippen LogP contribution < -0.4 is 25.5 Å². The van der Waals surface area contributed by atoms with E-state index >= 15 is 0 Å². The van der Waals surface area contributed by atoms with Crippen LogP contribution in [0.5, 0.6) is 0 Å². The fourth-order valence-corrected chi connectivity index (χ4v) is 13.1. The molecular weight excluding hydrogens is 780 g/mol. The van der Waals surface area contributed by atoms with Crippen LogP contribution in [-0.4, -0.2) is 6.71 Å². The second kappa shape index (κ2) is 13.6. The van der Waals surface area contributed by atoms with Crippen LogP contribution in [0.4, 0.5) is 34.1 Å². The van der Waals surface area contributed by atoms with Crippen molar-refractivity contribution in [3.8, 4) is 0 Å². The van der Waals surface area contributed by atoms with Crippen molar-refractivity contribution in [2.24, 2.45) is 0 Å². The van der Waals surface area contributed by atoms with Crippen molar-refractivity contribution in [2.45, 2.75) is 175 Å². The average molecular weight is 851 g/mol. The SMILES string of the molecule is CC(C)c1cc2c3c(c1)N(c1ccc4c(c1)C(C)(C)CCC4(C)C)c1c(sc4cc5c(cc14)C(C)(C)CCC5(C)C)B3c1cc(C(C)(C)C)ccc1N2c1ccc(C(C)(C)C)cc1. The predicted molar refractivity (Wildman–Crippen MR) is 278 cm³/mol. The summed E-state index contributed by atoms with van der Waals surface area (Å²) in [7, 11) is 0. The Hall–Kier alpha value is -4.28. The lowest BCUT2D eigenvalue weighted by molar-refractivity contribution is 0.332. The first kappa shape index (κ1) is 42.7.